The second-order valence-corrected chi connectivity index (χ2v) is 9.03. The highest BCUT2D eigenvalue weighted by Crippen LogP contribution is 2.22. The van der Waals surface area contributed by atoms with Gasteiger partial charge in [0, 0.05) is 5.54 Å². The zero-order chi connectivity index (χ0) is 17.7. The molecule has 0 aliphatic carbocycles. The van der Waals surface area contributed by atoms with Crippen molar-refractivity contribution in [3.8, 4) is 0 Å². The lowest BCUT2D eigenvalue weighted by atomic mass is 10.1. The lowest BCUT2D eigenvalue weighted by Crippen LogP contribution is -2.51. The van der Waals surface area contributed by atoms with E-state index in [0.29, 0.717) is 10.6 Å². The zero-order valence-corrected chi connectivity index (χ0v) is 15.7. The highest BCUT2D eigenvalue weighted by Gasteiger charge is 2.28. The normalized spacial score (nSPS) is 13.4. The third-order valence-electron chi connectivity index (χ3n) is 2.92. The highest BCUT2D eigenvalue weighted by molar-refractivity contribution is 8.24. The average Bonchev–Trinajstić information content (AvgIpc) is 2.42. The fourth-order valence-corrected chi connectivity index (χ4v) is 4.29. The van der Waals surface area contributed by atoms with Crippen molar-refractivity contribution in [3.05, 3.63) is 35.9 Å². The fraction of sp³-hybridized carbons (Fsp3) is 0.467. The van der Waals surface area contributed by atoms with E-state index in [0.717, 1.165) is 5.56 Å². The Morgan fingerprint density at radius 1 is 1.35 bits per heavy atom. The number of rotatable bonds is 7. The molecule has 0 aliphatic heterocycles. The van der Waals surface area contributed by atoms with Crippen LogP contribution < -0.4 is 5.32 Å². The number of nitrogens with one attached hydrogen (secondary N) is 1. The Morgan fingerprint density at radius 2 is 1.91 bits per heavy atom. The first kappa shape index (κ1) is 20.1. The minimum Gasteiger partial charge on any atom is -0.748 e. The lowest BCUT2D eigenvalue weighted by Gasteiger charge is -2.29. The van der Waals surface area contributed by atoms with Crippen LogP contribution in [-0.2, 0) is 14.9 Å². The number of carbonyl (C=O) groups excluding carboxylic acids is 1. The van der Waals surface area contributed by atoms with Gasteiger partial charge in [-0.15, -0.1) is 11.8 Å². The summed E-state index contributed by atoms with van der Waals surface area (Å²) in [5.41, 5.74) is -0.264. The van der Waals surface area contributed by atoms with E-state index in [9.17, 15) is 17.8 Å². The standard InChI is InChI=1S/C15H21NO4S3/c1-4-12(22-14(21)11-8-6-5-7-9-11)13(17)16-15(2,3)10-23(18,19)20/h5-9,12H,4,10H2,1-3H3,(H,16,17)(H,18,19,20)/p-1. The average molecular weight is 375 g/mol. The minimum absolute atomic E-state index is 0.329. The number of carbonyl (C=O) groups is 1. The van der Waals surface area contributed by atoms with E-state index in [2.05, 4.69) is 5.32 Å². The molecule has 1 atom stereocenters. The zero-order valence-electron chi connectivity index (χ0n) is 13.2. The Labute approximate surface area is 147 Å². The van der Waals surface area contributed by atoms with E-state index in [1.165, 1.54) is 25.6 Å². The number of benzene rings is 1. The van der Waals surface area contributed by atoms with Crippen molar-refractivity contribution in [1.82, 2.24) is 5.32 Å². The van der Waals surface area contributed by atoms with Gasteiger partial charge >= 0.3 is 0 Å². The first-order chi connectivity index (χ1) is 10.5. The van der Waals surface area contributed by atoms with E-state index in [1.54, 1.807) is 0 Å². The molecule has 0 heterocycles. The van der Waals surface area contributed by atoms with E-state index in [1.807, 2.05) is 37.3 Å². The van der Waals surface area contributed by atoms with Crippen molar-refractivity contribution in [2.45, 2.75) is 38.0 Å². The summed E-state index contributed by atoms with van der Waals surface area (Å²) in [5, 5.41) is 2.17. The van der Waals surface area contributed by atoms with Gasteiger partial charge in [0.15, 0.2) is 0 Å². The number of hydrogen-bond donors (Lipinski definition) is 1. The van der Waals surface area contributed by atoms with Crippen molar-refractivity contribution in [3.63, 3.8) is 0 Å². The summed E-state index contributed by atoms with van der Waals surface area (Å²) in [5.74, 6) is -0.986. The fourth-order valence-electron chi connectivity index (χ4n) is 1.99. The van der Waals surface area contributed by atoms with Gasteiger partial charge < -0.3 is 9.87 Å². The third-order valence-corrected chi connectivity index (χ3v) is 5.80. The van der Waals surface area contributed by atoms with Crippen LogP contribution in [0.5, 0.6) is 0 Å². The summed E-state index contributed by atoms with van der Waals surface area (Å²) in [7, 11) is -4.42. The molecule has 0 aromatic heterocycles. The molecule has 1 aromatic rings. The predicted octanol–water partition coefficient (Wildman–Crippen LogP) is 2.31. The molecule has 0 saturated heterocycles. The summed E-state index contributed by atoms with van der Waals surface area (Å²) in [6.07, 6.45) is 0.531. The topological polar surface area (TPSA) is 86.3 Å². The monoisotopic (exact) mass is 374 g/mol. The van der Waals surface area contributed by atoms with Crippen molar-refractivity contribution < 1.29 is 17.8 Å². The minimum atomic E-state index is -4.42. The molecule has 1 rings (SSSR count). The van der Waals surface area contributed by atoms with Gasteiger partial charge in [-0.1, -0.05) is 49.5 Å². The van der Waals surface area contributed by atoms with Crippen LogP contribution >= 0.6 is 24.0 Å². The molecule has 5 nitrogen and oxygen atoms in total. The largest absolute Gasteiger partial charge is 0.748 e. The Hall–Kier alpha value is -0.960. The molecule has 0 spiro atoms. The quantitative estimate of drug-likeness (QED) is 0.582. The molecule has 23 heavy (non-hydrogen) atoms. The Kier molecular flexibility index (Phi) is 7.19. The van der Waals surface area contributed by atoms with Crippen LogP contribution in [0.4, 0.5) is 0 Å². The van der Waals surface area contributed by atoms with E-state index >= 15 is 0 Å². The first-order valence-electron chi connectivity index (χ1n) is 7.06. The molecule has 0 radical (unpaired) electrons. The van der Waals surface area contributed by atoms with Crippen LogP contribution in [-0.4, -0.2) is 39.6 Å². The van der Waals surface area contributed by atoms with E-state index < -0.39 is 26.7 Å². The van der Waals surface area contributed by atoms with Gasteiger partial charge in [-0.3, -0.25) is 4.79 Å². The molecule has 1 aromatic carbocycles. The van der Waals surface area contributed by atoms with Crippen molar-refractivity contribution in [2.24, 2.45) is 0 Å². The molecule has 0 fully saturated rings. The van der Waals surface area contributed by atoms with Crippen LogP contribution in [0.2, 0.25) is 0 Å². The van der Waals surface area contributed by atoms with Crippen molar-refractivity contribution >= 4 is 44.2 Å². The Bertz CT molecular complexity index is 657. The summed E-state index contributed by atoms with van der Waals surface area (Å²) in [6.45, 7) is 4.86. The first-order valence-corrected chi connectivity index (χ1v) is 9.92. The van der Waals surface area contributed by atoms with Crippen LogP contribution in [0, 0.1) is 0 Å². The summed E-state index contributed by atoms with van der Waals surface area (Å²) in [6, 6.07) is 9.35. The second-order valence-electron chi connectivity index (χ2n) is 5.74. The molecule has 1 unspecified atom stereocenters. The number of thiocarbonyl (C=S) groups is 1. The molecular formula is C15H20NO4S3-. The highest BCUT2D eigenvalue weighted by atomic mass is 32.2. The smallest absolute Gasteiger partial charge is 0.233 e. The van der Waals surface area contributed by atoms with Crippen LogP contribution in [0.15, 0.2) is 30.3 Å². The van der Waals surface area contributed by atoms with Gasteiger partial charge in [-0.2, -0.15) is 0 Å². The van der Waals surface area contributed by atoms with Crippen molar-refractivity contribution in [2.75, 3.05) is 5.75 Å². The molecule has 0 bridgehead atoms. The number of hydrogen-bond acceptors (Lipinski definition) is 6. The lowest BCUT2D eigenvalue weighted by molar-refractivity contribution is -0.121. The summed E-state index contributed by atoms with van der Waals surface area (Å²) in [4.78, 5) is 12.4. The van der Waals surface area contributed by atoms with Gasteiger partial charge in [-0.05, 0) is 25.8 Å². The van der Waals surface area contributed by atoms with Crippen LogP contribution in [0.25, 0.3) is 0 Å². The second kappa shape index (κ2) is 8.23. The molecular weight excluding hydrogens is 354 g/mol. The number of amides is 1. The molecule has 8 heteroatoms. The maximum Gasteiger partial charge on any atom is 0.233 e. The van der Waals surface area contributed by atoms with Crippen LogP contribution in [0.1, 0.15) is 32.8 Å². The third kappa shape index (κ3) is 7.43. The molecule has 0 aliphatic rings. The summed E-state index contributed by atoms with van der Waals surface area (Å²) >= 11 is 6.60. The predicted molar refractivity (Wildman–Crippen MR) is 96.6 cm³/mol. The van der Waals surface area contributed by atoms with Crippen LogP contribution in [0.3, 0.4) is 0 Å². The summed E-state index contributed by atoms with van der Waals surface area (Å²) < 4.78 is 33.3. The molecule has 128 valence electrons. The molecule has 1 N–H and O–H groups in total. The van der Waals surface area contributed by atoms with Crippen molar-refractivity contribution in [1.29, 1.82) is 0 Å². The van der Waals surface area contributed by atoms with Gasteiger partial charge in [-0.25, -0.2) is 8.42 Å². The molecule has 1 amide bonds. The SMILES string of the molecule is CCC(SC(=S)c1ccccc1)C(=O)NC(C)(C)CS(=O)(=O)[O-]. The Balaban J connectivity index is 2.74. The van der Waals surface area contributed by atoms with Gasteiger partial charge in [0.25, 0.3) is 0 Å². The van der Waals surface area contributed by atoms with E-state index in [4.69, 9.17) is 12.2 Å². The maximum atomic E-state index is 12.4. The van der Waals surface area contributed by atoms with Gasteiger partial charge in [0.05, 0.1) is 25.3 Å². The van der Waals surface area contributed by atoms with Gasteiger partial charge in [0.1, 0.15) is 0 Å². The Morgan fingerprint density at radius 3 is 2.39 bits per heavy atom. The number of thioether (sulfide) groups is 1. The maximum absolute atomic E-state index is 12.4. The molecule has 0 saturated carbocycles. The van der Waals surface area contributed by atoms with E-state index in [-0.39, 0.29) is 5.91 Å². The van der Waals surface area contributed by atoms with Gasteiger partial charge in [0.2, 0.25) is 5.91 Å².